The van der Waals surface area contributed by atoms with Gasteiger partial charge in [0, 0.05) is 17.9 Å². The predicted octanol–water partition coefficient (Wildman–Crippen LogP) is 2.28. The number of methoxy groups -OCH3 is 1. The summed E-state index contributed by atoms with van der Waals surface area (Å²) in [5.41, 5.74) is 4.02. The van der Waals surface area contributed by atoms with E-state index >= 15 is 0 Å². The highest BCUT2D eigenvalue weighted by atomic mass is 32.2. The van der Waals surface area contributed by atoms with Crippen molar-refractivity contribution in [2.24, 2.45) is 0 Å². The van der Waals surface area contributed by atoms with Crippen molar-refractivity contribution in [3.63, 3.8) is 0 Å². The molecule has 5 nitrogen and oxygen atoms in total. The summed E-state index contributed by atoms with van der Waals surface area (Å²) in [5, 5.41) is -1.19. The summed E-state index contributed by atoms with van der Waals surface area (Å²) >= 11 is 0. The normalized spacial score (nSPS) is 20.3. The van der Waals surface area contributed by atoms with Crippen LogP contribution in [0.15, 0.2) is 48.5 Å². The lowest BCUT2D eigenvalue weighted by Crippen LogP contribution is -2.36. The second-order valence-corrected chi connectivity index (χ2v) is 8.15. The van der Waals surface area contributed by atoms with Crippen molar-refractivity contribution in [3.8, 4) is 11.1 Å². The van der Waals surface area contributed by atoms with Gasteiger partial charge in [-0.05, 0) is 22.3 Å². The second kappa shape index (κ2) is 6.78. The first-order valence-electron chi connectivity index (χ1n) is 8.54. The van der Waals surface area contributed by atoms with Gasteiger partial charge in [-0.25, -0.2) is 0 Å². The van der Waals surface area contributed by atoms with Crippen LogP contribution in [0.5, 0.6) is 0 Å². The standard InChI is InChI=1S/C20H19NO4S/c1-25-11-10-21-18(22)12-17(20(21)23)26(24)19-15-8-4-2-6-13(15)14-7-3-5-9-16(14)19/h2-9,17,19H,10-12H2,1H3. The van der Waals surface area contributed by atoms with E-state index in [0.717, 1.165) is 22.3 Å². The van der Waals surface area contributed by atoms with E-state index in [0.29, 0.717) is 0 Å². The van der Waals surface area contributed by atoms with Crippen LogP contribution in [-0.2, 0) is 25.1 Å². The first-order chi connectivity index (χ1) is 12.6. The maximum absolute atomic E-state index is 13.4. The first-order valence-corrected chi connectivity index (χ1v) is 9.82. The lowest BCUT2D eigenvalue weighted by atomic mass is 10.1. The van der Waals surface area contributed by atoms with Crippen molar-refractivity contribution in [1.82, 2.24) is 4.90 Å². The molecule has 0 bridgehead atoms. The molecule has 0 aromatic heterocycles. The van der Waals surface area contributed by atoms with Gasteiger partial charge in [-0.2, -0.15) is 0 Å². The SMILES string of the molecule is COCCN1C(=O)CC(S(=O)C2c3ccccc3-c3ccccc32)C1=O. The number of hydrogen-bond donors (Lipinski definition) is 0. The molecular formula is C20H19NO4S. The third kappa shape index (κ3) is 2.61. The highest BCUT2D eigenvalue weighted by Crippen LogP contribution is 2.47. The Kier molecular flexibility index (Phi) is 4.46. The van der Waals surface area contributed by atoms with Crippen LogP contribution in [-0.4, -0.2) is 46.4 Å². The Hall–Kier alpha value is -2.31. The number of hydrogen-bond acceptors (Lipinski definition) is 4. The highest BCUT2D eigenvalue weighted by Gasteiger charge is 2.46. The minimum Gasteiger partial charge on any atom is -0.383 e. The summed E-state index contributed by atoms with van der Waals surface area (Å²) in [5.74, 6) is -0.628. The molecular weight excluding hydrogens is 350 g/mol. The van der Waals surface area contributed by atoms with Gasteiger partial charge in [0.1, 0.15) is 5.25 Å². The van der Waals surface area contributed by atoms with Crippen LogP contribution in [0, 0.1) is 0 Å². The number of fused-ring (bicyclic) bond motifs is 3. The largest absolute Gasteiger partial charge is 0.383 e. The molecule has 2 aromatic rings. The molecule has 1 aliphatic carbocycles. The van der Waals surface area contributed by atoms with E-state index in [2.05, 4.69) is 0 Å². The zero-order valence-corrected chi connectivity index (χ0v) is 15.2. The molecule has 0 spiro atoms. The molecule has 2 amide bonds. The number of amides is 2. The molecule has 1 saturated heterocycles. The van der Waals surface area contributed by atoms with Crippen molar-refractivity contribution < 1.29 is 18.5 Å². The first kappa shape index (κ1) is 17.1. The molecule has 4 rings (SSSR count). The number of benzene rings is 2. The van der Waals surface area contributed by atoms with Crippen LogP contribution in [0.25, 0.3) is 11.1 Å². The van der Waals surface area contributed by atoms with Crippen LogP contribution < -0.4 is 0 Å². The van der Waals surface area contributed by atoms with Crippen LogP contribution >= 0.6 is 0 Å². The molecule has 0 saturated carbocycles. The molecule has 1 fully saturated rings. The summed E-state index contributed by atoms with van der Waals surface area (Å²) in [6, 6.07) is 15.7. The molecule has 26 heavy (non-hydrogen) atoms. The summed E-state index contributed by atoms with van der Waals surface area (Å²) < 4.78 is 18.4. The van der Waals surface area contributed by atoms with E-state index in [-0.39, 0.29) is 36.6 Å². The Balaban J connectivity index is 1.69. The van der Waals surface area contributed by atoms with Gasteiger partial charge in [-0.15, -0.1) is 0 Å². The van der Waals surface area contributed by atoms with Crippen LogP contribution in [0.3, 0.4) is 0 Å². The monoisotopic (exact) mass is 369 g/mol. The maximum atomic E-state index is 13.4. The van der Waals surface area contributed by atoms with Crippen LogP contribution in [0.2, 0.25) is 0 Å². The molecule has 6 heteroatoms. The molecule has 134 valence electrons. The van der Waals surface area contributed by atoms with Gasteiger partial charge in [0.05, 0.1) is 24.8 Å². The van der Waals surface area contributed by atoms with Gasteiger partial charge in [-0.1, -0.05) is 48.5 Å². The Morgan fingerprint density at radius 1 is 1.04 bits per heavy atom. The van der Waals surface area contributed by atoms with Crippen molar-refractivity contribution in [2.45, 2.75) is 16.9 Å². The Morgan fingerprint density at radius 3 is 2.19 bits per heavy atom. The van der Waals surface area contributed by atoms with Gasteiger partial charge in [0.2, 0.25) is 11.8 Å². The van der Waals surface area contributed by atoms with E-state index in [1.165, 1.54) is 12.0 Å². The molecule has 1 aliphatic heterocycles. The fourth-order valence-corrected chi connectivity index (χ4v) is 5.65. The zero-order valence-electron chi connectivity index (χ0n) is 14.4. The Morgan fingerprint density at radius 2 is 1.62 bits per heavy atom. The fourth-order valence-electron chi connectivity index (χ4n) is 3.78. The number of rotatable bonds is 5. The number of imide groups is 1. The molecule has 2 atom stereocenters. The fraction of sp³-hybridized carbons (Fsp3) is 0.300. The predicted molar refractivity (Wildman–Crippen MR) is 98.9 cm³/mol. The van der Waals surface area contributed by atoms with Gasteiger partial charge < -0.3 is 4.74 Å². The smallest absolute Gasteiger partial charge is 0.245 e. The third-order valence-electron chi connectivity index (χ3n) is 5.01. The lowest BCUT2D eigenvalue weighted by molar-refractivity contribution is -0.138. The zero-order chi connectivity index (χ0) is 18.3. The van der Waals surface area contributed by atoms with Crippen molar-refractivity contribution in [1.29, 1.82) is 0 Å². The number of likely N-dealkylation sites (tertiary alicyclic amines) is 1. The van der Waals surface area contributed by atoms with Crippen LogP contribution in [0.1, 0.15) is 22.8 Å². The molecule has 2 aliphatic rings. The average Bonchev–Trinajstić information content (AvgIpc) is 3.14. The summed E-state index contributed by atoms with van der Waals surface area (Å²) in [4.78, 5) is 26.1. The van der Waals surface area contributed by atoms with E-state index in [4.69, 9.17) is 4.74 Å². The van der Waals surface area contributed by atoms with Crippen LogP contribution in [0.4, 0.5) is 0 Å². The highest BCUT2D eigenvalue weighted by molar-refractivity contribution is 7.87. The number of carbonyl (C=O) groups is 2. The molecule has 1 heterocycles. The quantitative estimate of drug-likeness (QED) is 0.759. The average molecular weight is 369 g/mol. The Labute approximate surface area is 154 Å². The number of ether oxygens (including phenoxy) is 1. The van der Waals surface area contributed by atoms with E-state index in [1.807, 2.05) is 48.5 Å². The van der Waals surface area contributed by atoms with E-state index in [9.17, 15) is 13.8 Å². The van der Waals surface area contributed by atoms with E-state index in [1.54, 1.807) is 0 Å². The molecule has 2 unspecified atom stereocenters. The van der Waals surface area contributed by atoms with Gasteiger partial charge in [0.25, 0.3) is 0 Å². The summed E-state index contributed by atoms with van der Waals surface area (Å²) in [6.45, 7) is 0.492. The minimum atomic E-state index is -1.52. The van der Waals surface area contributed by atoms with Gasteiger partial charge in [0.15, 0.2) is 0 Å². The topological polar surface area (TPSA) is 63.7 Å². The second-order valence-electron chi connectivity index (χ2n) is 6.45. The molecule has 0 radical (unpaired) electrons. The maximum Gasteiger partial charge on any atom is 0.245 e. The van der Waals surface area contributed by atoms with E-state index < -0.39 is 16.0 Å². The summed E-state index contributed by atoms with van der Waals surface area (Å²) in [7, 11) is -0.00242. The third-order valence-corrected chi connectivity index (χ3v) is 6.91. The molecule has 2 aromatic carbocycles. The number of carbonyl (C=O) groups excluding carboxylic acids is 2. The Bertz CT molecular complexity index is 865. The molecule has 0 N–H and O–H groups in total. The summed E-state index contributed by atoms with van der Waals surface area (Å²) in [6.07, 6.45) is -0.00398. The lowest BCUT2D eigenvalue weighted by Gasteiger charge is -2.18. The van der Waals surface area contributed by atoms with Crippen molar-refractivity contribution in [2.75, 3.05) is 20.3 Å². The van der Waals surface area contributed by atoms with Gasteiger partial charge in [-0.3, -0.25) is 18.7 Å². The van der Waals surface area contributed by atoms with Crippen molar-refractivity contribution >= 4 is 22.6 Å². The van der Waals surface area contributed by atoms with Crippen molar-refractivity contribution in [3.05, 3.63) is 59.7 Å². The van der Waals surface area contributed by atoms with Gasteiger partial charge >= 0.3 is 0 Å². The number of nitrogens with zero attached hydrogens (tertiary/aromatic N) is 1. The minimum absolute atomic E-state index is 0.00398.